The maximum Gasteiger partial charge on any atom is 0.472 e. The lowest BCUT2D eigenvalue weighted by Crippen LogP contribution is -2.30. The predicted octanol–water partition coefficient (Wildman–Crippen LogP) is 18.6. The van der Waals surface area contributed by atoms with Gasteiger partial charge in [-0.05, 0) is 31.6 Å². The molecular formula is C66H128O17P2. The Balaban J connectivity index is 5.17. The number of esters is 4. The molecule has 3 unspecified atom stereocenters. The zero-order valence-electron chi connectivity index (χ0n) is 54.7. The highest BCUT2D eigenvalue weighted by molar-refractivity contribution is 7.47. The van der Waals surface area contributed by atoms with Crippen LogP contribution in [0.5, 0.6) is 0 Å². The van der Waals surface area contributed by atoms with Gasteiger partial charge >= 0.3 is 39.5 Å². The van der Waals surface area contributed by atoms with Crippen LogP contribution in [-0.4, -0.2) is 96.7 Å². The van der Waals surface area contributed by atoms with E-state index in [-0.39, 0.29) is 25.7 Å². The van der Waals surface area contributed by atoms with Gasteiger partial charge in [0.05, 0.1) is 26.4 Å². The number of aliphatic hydroxyl groups is 1. The maximum atomic E-state index is 13.0. The number of aliphatic hydroxyl groups excluding tert-OH is 1. The van der Waals surface area contributed by atoms with E-state index in [4.69, 9.17) is 37.0 Å². The molecule has 0 aliphatic heterocycles. The average Bonchev–Trinajstić information content (AvgIpc) is 3.53. The zero-order chi connectivity index (χ0) is 62.8. The minimum atomic E-state index is -4.94. The van der Waals surface area contributed by atoms with Crippen molar-refractivity contribution in [2.24, 2.45) is 5.92 Å². The molecule has 0 saturated heterocycles. The van der Waals surface area contributed by atoms with E-state index in [1.807, 2.05) is 0 Å². The van der Waals surface area contributed by atoms with E-state index < -0.39 is 97.5 Å². The van der Waals surface area contributed by atoms with E-state index in [1.54, 1.807) is 0 Å². The molecule has 0 aromatic rings. The van der Waals surface area contributed by atoms with E-state index in [1.165, 1.54) is 148 Å². The van der Waals surface area contributed by atoms with Crippen LogP contribution in [0.1, 0.15) is 336 Å². The van der Waals surface area contributed by atoms with E-state index >= 15 is 0 Å². The summed E-state index contributed by atoms with van der Waals surface area (Å²) < 4.78 is 67.9. The van der Waals surface area contributed by atoms with Crippen molar-refractivity contribution in [2.45, 2.75) is 355 Å². The molecule has 17 nitrogen and oxygen atoms in total. The molecule has 0 aliphatic rings. The van der Waals surface area contributed by atoms with Crippen molar-refractivity contribution in [2.75, 3.05) is 39.6 Å². The van der Waals surface area contributed by atoms with Crippen LogP contribution in [0.25, 0.3) is 0 Å². The summed E-state index contributed by atoms with van der Waals surface area (Å²) in [7, 11) is -9.88. The van der Waals surface area contributed by atoms with Gasteiger partial charge in [0.2, 0.25) is 0 Å². The number of rotatable bonds is 66. The standard InChI is InChI=1S/C66H128O17P2/c1-6-10-13-16-19-22-27-31-36-40-45-50-64(69)77-56-62(83-66(71)52-47-42-37-32-29-26-24-23-25-28-30-33-38-43-48-59(5)9-4)58-81-85(74,75)79-54-60(67)53-78-84(72,73)80-57-61(82-65(70)51-46-41-35-21-18-15-12-8-3)55-76-63(68)49-44-39-34-20-17-14-11-7-2/h59-62,67H,6-58H2,1-5H3,(H,72,73)(H,74,75)/t59?,60-,61+,62+/m0/s1. The van der Waals surface area contributed by atoms with Crippen molar-refractivity contribution < 1.29 is 80.2 Å². The molecule has 85 heavy (non-hydrogen) atoms. The molecule has 0 radical (unpaired) electrons. The highest BCUT2D eigenvalue weighted by atomic mass is 31.2. The van der Waals surface area contributed by atoms with Crippen molar-refractivity contribution >= 4 is 39.5 Å². The number of hydrogen-bond donors (Lipinski definition) is 3. The van der Waals surface area contributed by atoms with Crippen molar-refractivity contribution in [3.8, 4) is 0 Å². The van der Waals surface area contributed by atoms with Crippen LogP contribution >= 0.6 is 15.6 Å². The number of hydrogen-bond acceptors (Lipinski definition) is 15. The number of carbonyl (C=O) groups is 4. The molecule has 19 heteroatoms. The molecule has 504 valence electrons. The highest BCUT2D eigenvalue weighted by Gasteiger charge is 2.30. The minimum absolute atomic E-state index is 0.105. The molecule has 0 heterocycles. The fraction of sp³-hybridized carbons (Fsp3) is 0.939. The molecule has 0 aliphatic carbocycles. The number of carbonyl (C=O) groups excluding carboxylic acids is 4. The third-order valence-electron chi connectivity index (χ3n) is 15.6. The molecule has 0 amide bonds. The highest BCUT2D eigenvalue weighted by Crippen LogP contribution is 2.45. The first-order chi connectivity index (χ1) is 41.1. The predicted molar refractivity (Wildman–Crippen MR) is 340 cm³/mol. The first kappa shape index (κ1) is 83.1. The van der Waals surface area contributed by atoms with Gasteiger partial charge in [-0.3, -0.25) is 37.3 Å². The summed E-state index contributed by atoms with van der Waals surface area (Å²) in [6.45, 7) is 7.21. The van der Waals surface area contributed by atoms with Crippen molar-refractivity contribution in [1.82, 2.24) is 0 Å². The molecule has 0 saturated carbocycles. The van der Waals surface area contributed by atoms with Crippen LogP contribution in [-0.2, 0) is 65.4 Å². The van der Waals surface area contributed by atoms with Crippen LogP contribution in [0.3, 0.4) is 0 Å². The second kappa shape index (κ2) is 59.7. The monoisotopic (exact) mass is 1250 g/mol. The second-order valence-electron chi connectivity index (χ2n) is 24.1. The first-order valence-electron chi connectivity index (χ1n) is 34.7. The van der Waals surface area contributed by atoms with Gasteiger partial charge in [0.15, 0.2) is 12.2 Å². The first-order valence-corrected chi connectivity index (χ1v) is 37.7. The molecule has 0 rings (SSSR count). The van der Waals surface area contributed by atoms with Crippen molar-refractivity contribution in [3.05, 3.63) is 0 Å². The van der Waals surface area contributed by atoms with Gasteiger partial charge in [-0.2, -0.15) is 0 Å². The molecule has 6 atom stereocenters. The molecule has 0 aromatic heterocycles. The third-order valence-corrected chi connectivity index (χ3v) is 17.5. The Morgan fingerprint density at radius 3 is 0.835 bits per heavy atom. The van der Waals surface area contributed by atoms with Gasteiger partial charge in [-0.25, -0.2) is 9.13 Å². The Bertz CT molecular complexity index is 1650. The second-order valence-corrected chi connectivity index (χ2v) is 27.0. The number of phosphoric acid groups is 2. The van der Waals surface area contributed by atoms with Gasteiger partial charge in [0.1, 0.15) is 19.3 Å². The number of ether oxygens (including phenoxy) is 4. The van der Waals surface area contributed by atoms with Crippen LogP contribution in [0.2, 0.25) is 0 Å². The fourth-order valence-corrected chi connectivity index (χ4v) is 11.5. The van der Waals surface area contributed by atoms with Gasteiger partial charge < -0.3 is 33.8 Å². The molecular weight excluding hydrogens is 1130 g/mol. The van der Waals surface area contributed by atoms with Gasteiger partial charge in [-0.15, -0.1) is 0 Å². The zero-order valence-corrected chi connectivity index (χ0v) is 56.5. The average molecular weight is 1260 g/mol. The van der Waals surface area contributed by atoms with E-state index in [2.05, 4.69) is 34.6 Å². The summed E-state index contributed by atoms with van der Waals surface area (Å²) in [6, 6.07) is 0. The lowest BCUT2D eigenvalue weighted by Gasteiger charge is -2.21. The van der Waals surface area contributed by atoms with Crippen LogP contribution in [0, 0.1) is 5.92 Å². The Morgan fingerprint density at radius 2 is 0.565 bits per heavy atom. The van der Waals surface area contributed by atoms with Gasteiger partial charge in [0, 0.05) is 25.7 Å². The summed E-state index contributed by atoms with van der Waals surface area (Å²) >= 11 is 0. The van der Waals surface area contributed by atoms with E-state index in [0.717, 1.165) is 109 Å². The summed E-state index contributed by atoms with van der Waals surface area (Å²) in [5.74, 6) is -1.29. The summed E-state index contributed by atoms with van der Waals surface area (Å²) in [5.41, 5.74) is 0. The Morgan fingerprint density at radius 1 is 0.329 bits per heavy atom. The molecule has 3 N–H and O–H groups in total. The molecule has 0 fully saturated rings. The summed E-state index contributed by atoms with van der Waals surface area (Å²) in [6.07, 6.45) is 44.4. The Hall–Kier alpha value is -1.94. The Labute approximate surface area is 517 Å². The van der Waals surface area contributed by atoms with E-state index in [9.17, 15) is 43.2 Å². The maximum absolute atomic E-state index is 13.0. The Kier molecular flexibility index (Phi) is 58.3. The number of phosphoric ester groups is 2. The normalized spacial score (nSPS) is 14.5. The van der Waals surface area contributed by atoms with Crippen molar-refractivity contribution in [3.63, 3.8) is 0 Å². The summed E-state index contributed by atoms with van der Waals surface area (Å²) in [5, 5.41) is 10.5. The van der Waals surface area contributed by atoms with E-state index in [0.29, 0.717) is 25.7 Å². The van der Waals surface area contributed by atoms with Crippen molar-refractivity contribution in [1.29, 1.82) is 0 Å². The lowest BCUT2D eigenvalue weighted by molar-refractivity contribution is -0.161. The minimum Gasteiger partial charge on any atom is -0.462 e. The number of unbranched alkanes of at least 4 members (excludes halogenated alkanes) is 37. The summed E-state index contributed by atoms with van der Waals surface area (Å²) in [4.78, 5) is 72.1. The van der Waals surface area contributed by atoms with Crippen LogP contribution < -0.4 is 0 Å². The van der Waals surface area contributed by atoms with Crippen LogP contribution in [0.4, 0.5) is 0 Å². The topological polar surface area (TPSA) is 237 Å². The fourth-order valence-electron chi connectivity index (χ4n) is 9.90. The SMILES string of the molecule is CCCCCCCCCCCCCC(=O)OC[C@H](COP(=O)(O)OC[C@@H](O)COP(=O)(O)OC[C@@H](COC(=O)CCCCCCCCCC)OC(=O)CCCCCCCCCC)OC(=O)CCCCCCCCCCCCCCCCC(C)CC. The molecule has 0 bridgehead atoms. The van der Waals surface area contributed by atoms with Gasteiger partial charge in [0.25, 0.3) is 0 Å². The quantitative estimate of drug-likeness (QED) is 0.0222. The lowest BCUT2D eigenvalue weighted by atomic mass is 9.99. The molecule has 0 aromatic carbocycles. The third kappa shape index (κ3) is 59.5. The molecule has 0 spiro atoms. The smallest absolute Gasteiger partial charge is 0.462 e. The largest absolute Gasteiger partial charge is 0.472 e. The van der Waals surface area contributed by atoms with Crippen LogP contribution in [0.15, 0.2) is 0 Å². The van der Waals surface area contributed by atoms with Gasteiger partial charge in [-0.1, -0.05) is 285 Å².